The third kappa shape index (κ3) is 2.64. The summed E-state index contributed by atoms with van der Waals surface area (Å²) in [5, 5.41) is 1.10. The summed E-state index contributed by atoms with van der Waals surface area (Å²) < 4.78 is 5.60. The Morgan fingerprint density at radius 3 is 2.88 bits per heavy atom. The number of hydrogen-bond donors (Lipinski definition) is 2. The molecule has 0 saturated heterocycles. The SMILES string of the molecule is NCCC(N)c1cc(-c2ccc3c(c2)CCO3)nc2ccccc12. The molecule has 0 saturated carbocycles. The van der Waals surface area contributed by atoms with Crippen molar-refractivity contribution in [2.24, 2.45) is 11.5 Å². The molecule has 3 aromatic rings. The average molecular weight is 319 g/mol. The molecule has 24 heavy (non-hydrogen) atoms. The molecule has 1 aliphatic rings. The van der Waals surface area contributed by atoms with Gasteiger partial charge in [0.1, 0.15) is 5.75 Å². The largest absolute Gasteiger partial charge is 0.493 e. The van der Waals surface area contributed by atoms with Crippen LogP contribution in [0.1, 0.15) is 23.6 Å². The molecule has 1 unspecified atom stereocenters. The number of rotatable bonds is 4. The van der Waals surface area contributed by atoms with Crippen LogP contribution in [0.2, 0.25) is 0 Å². The Kier molecular flexibility index (Phi) is 3.92. The fraction of sp³-hybridized carbons (Fsp3) is 0.250. The molecule has 0 radical (unpaired) electrons. The first-order valence-corrected chi connectivity index (χ1v) is 8.37. The molecule has 4 rings (SSSR count). The number of para-hydroxylation sites is 1. The number of ether oxygens (including phenoxy) is 1. The van der Waals surface area contributed by atoms with Gasteiger partial charge < -0.3 is 16.2 Å². The Morgan fingerprint density at radius 2 is 2.00 bits per heavy atom. The first-order valence-electron chi connectivity index (χ1n) is 8.37. The summed E-state index contributed by atoms with van der Waals surface area (Å²) in [7, 11) is 0. The molecule has 0 amide bonds. The number of benzene rings is 2. The zero-order chi connectivity index (χ0) is 16.5. The van der Waals surface area contributed by atoms with Gasteiger partial charge in [-0.3, -0.25) is 0 Å². The Morgan fingerprint density at radius 1 is 1.12 bits per heavy atom. The summed E-state index contributed by atoms with van der Waals surface area (Å²) >= 11 is 0. The smallest absolute Gasteiger partial charge is 0.122 e. The van der Waals surface area contributed by atoms with Gasteiger partial charge in [-0.25, -0.2) is 4.98 Å². The fourth-order valence-corrected chi connectivity index (χ4v) is 3.34. The number of hydrogen-bond acceptors (Lipinski definition) is 4. The molecule has 0 spiro atoms. The second kappa shape index (κ2) is 6.23. The van der Waals surface area contributed by atoms with Crippen LogP contribution in [0.5, 0.6) is 5.75 Å². The number of pyridine rings is 1. The van der Waals surface area contributed by atoms with E-state index in [9.17, 15) is 0 Å². The second-order valence-electron chi connectivity index (χ2n) is 6.22. The normalized spacial score (nSPS) is 14.4. The van der Waals surface area contributed by atoms with Crippen LogP contribution in [0.25, 0.3) is 22.2 Å². The monoisotopic (exact) mass is 319 g/mol. The van der Waals surface area contributed by atoms with E-state index in [1.165, 1.54) is 5.56 Å². The highest BCUT2D eigenvalue weighted by molar-refractivity contribution is 5.85. The van der Waals surface area contributed by atoms with Crippen molar-refractivity contribution in [2.75, 3.05) is 13.2 Å². The Bertz CT molecular complexity index is 891. The summed E-state index contributed by atoms with van der Waals surface area (Å²) in [6.07, 6.45) is 1.71. The molecular weight excluding hydrogens is 298 g/mol. The van der Waals surface area contributed by atoms with Crippen LogP contribution in [0.15, 0.2) is 48.5 Å². The minimum absolute atomic E-state index is 0.0839. The van der Waals surface area contributed by atoms with Gasteiger partial charge in [0.2, 0.25) is 0 Å². The lowest BCUT2D eigenvalue weighted by Crippen LogP contribution is -2.16. The van der Waals surface area contributed by atoms with Crippen LogP contribution in [0.4, 0.5) is 0 Å². The minimum atomic E-state index is -0.0839. The van der Waals surface area contributed by atoms with E-state index in [0.717, 1.165) is 52.9 Å². The molecule has 4 N–H and O–H groups in total. The van der Waals surface area contributed by atoms with Crippen LogP contribution in [0.3, 0.4) is 0 Å². The molecule has 4 heteroatoms. The quantitative estimate of drug-likeness (QED) is 0.774. The maximum atomic E-state index is 6.38. The van der Waals surface area contributed by atoms with Crippen molar-refractivity contribution in [3.8, 4) is 17.0 Å². The zero-order valence-electron chi connectivity index (χ0n) is 13.5. The highest BCUT2D eigenvalue weighted by Crippen LogP contribution is 2.33. The third-order valence-corrected chi connectivity index (χ3v) is 4.61. The van der Waals surface area contributed by atoms with Crippen molar-refractivity contribution in [3.05, 3.63) is 59.7 Å². The first kappa shape index (κ1) is 15.1. The second-order valence-corrected chi connectivity index (χ2v) is 6.22. The molecule has 1 aliphatic heterocycles. The lowest BCUT2D eigenvalue weighted by molar-refractivity contribution is 0.357. The molecule has 2 heterocycles. The van der Waals surface area contributed by atoms with E-state index in [4.69, 9.17) is 21.2 Å². The molecule has 122 valence electrons. The number of aromatic nitrogens is 1. The van der Waals surface area contributed by atoms with E-state index in [1.54, 1.807) is 0 Å². The summed E-state index contributed by atoms with van der Waals surface area (Å²) in [6, 6.07) is 16.5. The van der Waals surface area contributed by atoms with Gasteiger partial charge in [0.05, 0.1) is 17.8 Å². The standard InChI is InChI=1S/C20H21N3O/c21-9-7-17(22)16-12-19(23-18-4-2-1-3-15(16)18)13-5-6-20-14(11-13)8-10-24-20/h1-6,11-12,17H,7-10,21-22H2. The first-order chi connectivity index (χ1) is 11.8. The molecule has 4 nitrogen and oxygen atoms in total. The van der Waals surface area contributed by atoms with Crippen LogP contribution >= 0.6 is 0 Å². The molecule has 0 fully saturated rings. The van der Waals surface area contributed by atoms with Gasteiger partial charge in [0.15, 0.2) is 0 Å². The van der Waals surface area contributed by atoms with Crippen molar-refractivity contribution in [3.63, 3.8) is 0 Å². The lowest BCUT2D eigenvalue weighted by Gasteiger charge is -2.16. The van der Waals surface area contributed by atoms with Crippen molar-refractivity contribution < 1.29 is 4.74 Å². The highest BCUT2D eigenvalue weighted by atomic mass is 16.5. The predicted octanol–water partition coefficient (Wildman–Crippen LogP) is 3.19. The van der Waals surface area contributed by atoms with E-state index in [1.807, 2.05) is 24.3 Å². The molecule has 2 aromatic carbocycles. The Labute approximate surface area is 141 Å². The summed E-state index contributed by atoms with van der Waals surface area (Å²) in [5.41, 5.74) is 17.5. The minimum Gasteiger partial charge on any atom is -0.493 e. The van der Waals surface area contributed by atoms with Gasteiger partial charge >= 0.3 is 0 Å². The lowest BCUT2D eigenvalue weighted by atomic mass is 9.96. The Balaban J connectivity index is 1.86. The van der Waals surface area contributed by atoms with Gasteiger partial charge in [0.25, 0.3) is 0 Å². The summed E-state index contributed by atoms with van der Waals surface area (Å²) in [5.74, 6) is 0.986. The van der Waals surface area contributed by atoms with Gasteiger partial charge in [-0.05, 0) is 54.4 Å². The Hall–Kier alpha value is -2.43. The van der Waals surface area contributed by atoms with Crippen LogP contribution < -0.4 is 16.2 Å². The topological polar surface area (TPSA) is 74.2 Å². The van der Waals surface area contributed by atoms with Crippen LogP contribution in [0, 0.1) is 0 Å². The van der Waals surface area contributed by atoms with Crippen molar-refractivity contribution in [1.29, 1.82) is 0 Å². The summed E-state index contributed by atoms with van der Waals surface area (Å²) in [4.78, 5) is 4.85. The summed E-state index contributed by atoms with van der Waals surface area (Å²) in [6.45, 7) is 1.33. The maximum Gasteiger partial charge on any atom is 0.122 e. The number of fused-ring (bicyclic) bond motifs is 2. The van der Waals surface area contributed by atoms with Gasteiger partial charge in [0, 0.05) is 23.4 Å². The molecule has 1 atom stereocenters. The molecule has 0 bridgehead atoms. The third-order valence-electron chi connectivity index (χ3n) is 4.61. The van der Waals surface area contributed by atoms with Crippen molar-refractivity contribution in [2.45, 2.75) is 18.9 Å². The zero-order valence-corrected chi connectivity index (χ0v) is 13.5. The van der Waals surface area contributed by atoms with Crippen LogP contribution in [-0.4, -0.2) is 18.1 Å². The van der Waals surface area contributed by atoms with E-state index in [-0.39, 0.29) is 6.04 Å². The van der Waals surface area contributed by atoms with Gasteiger partial charge in [-0.1, -0.05) is 18.2 Å². The molecule has 1 aromatic heterocycles. The molecule has 0 aliphatic carbocycles. The maximum absolute atomic E-state index is 6.38. The van der Waals surface area contributed by atoms with Crippen LogP contribution in [-0.2, 0) is 6.42 Å². The fourth-order valence-electron chi connectivity index (χ4n) is 3.34. The van der Waals surface area contributed by atoms with E-state index >= 15 is 0 Å². The van der Waals surface area contributed by atoms with E-state index < -0.39 is 0 Å². The van der Waals surface area contributed by atoms with E-state index in [2.05, 4.69) is 24.3 Å². The predicted molar refractivity (Wildman–Crippen MR) is 97.0 cm³/mol. The average Bonchev–Trinajstić information content (AvgIpc) is 3.08. The van der Waals surface area contributed by atoms with Gasteiger partial charge in [-0.15, -0.1) is 0 Å². The number of nitrogens with two attached hydrogens (primary N) is 2. The van der Waals surface area contributed by atoms with Crippen molar-refractivity contribution >= 4 is 10.9 Å². The van der Waals surface area contributed by atoms with E-state index in [0.29, 0.717) is 6.54 Å². The molecular formula is C20H21N3O. The number of nitrogens with zero attached hydrogens (tertiary/aromatic N) is 1. The highest BCUT2D eigenvalue weighted by Gasteiger charge is 2.16. The van der Waals surface area contributed by atoms with Gasteiger partial charge in [-0.2, -0.15) is 0 Å². The van der Waals surface area contributed by atoms with Crippen molar-refractivity contribution in [1.82, 2.24) is 4.98 Å².